The van der Waals surface area contributed by atoms with E-state index in [-0.39, 0.29) is 6.54 Å². The van der Waals surface area contributed by atoms with Gasteiger partial charge in [0.25, 0.3) is 0 Å². The number of rotatable bonds is 8. The first-order valence-electron chi connectivity index (χ1n) is 8.68. The van der Waals surface area contributed by atoms with Crippen molar-refractivity contribution < 1.29 is 8.42 Å². The molecule has 0 bridgehead atoms. The number of hydrogen-bond acceptors (Lipinski definition) is 2. The zero-order valence-electron chi connectivity index (χ0n) is 15.7. The molecule has 2 aromatic rings. The number of sulfonamides is 1. The summed E-state index contributed by atoms with van der Waals surface area (Å²) in [7, 11) is -5.28. The topological polar surface area (TPSA) is 37.4 Å². The van der Waals surface area contributed by atoms with Crippen molar-refractivity contribution in [2.24, 2.45) is 0 Å². The Labute approximate surface area is 158 Å². The van der Waals surface area contributed by atoms with Crippen LogP contribution >= 0.6 is 0 Å². The summed E-state index contributed by atoms with van der Waals surface area (Å²) in [5.74, 6) is 0. The molecule has 0 heterocycles. The zero-order valence-corrected chi connectivity index (χ0v) is 17.5. The highest BCUT2D eigenvalue weighted by atomic mass is 32.2. The first kappa shape index (κ1) is 20.4. The molecule has 5 heteroatoms. The second-order valence-corrected chi connectivity index (χ2v) is 13.2. The van der Waals surface area contributed by atoms with Crippen molar-refractivity contribution in [3.05, 3.63) is 84.6 Å². The van der Waals surface area contributed by atoms with Crippen LogP contribution in [-0.4, -0.2) is 33.9 Å². The van der Waals surface area contributed by atoms with E-state index in [1.54, 1.807) is 18.2 Å². The van der Waals surface area contributed by atoms with Gasteiger partial charge in [-0.25, -0.2) is 8.42 Å². The van der Waals surface area contributed by atoms with Gasteiger partial charge in [-0.2, -0.15) is 4.31 Å². The molecule has 0 aliphatic carbocycles. The minimum atomic E-state index is -3.54. The molecule has 2 aromatic carbocycles. The Morgan fingerprint density at radius 2 is 1.62 bits per heavy atom. The molecule has 0 amide bonds. The van der Waals surface area contributed by atoms with Gasteiger partial charge >= 0.3 is 0 Å². The average molecular weight is 386 g/mol. The van der Waals surface area contributed by atoms with Crippen LogP contribution in [0.5, 0.6) is 0 Å². The van der Waals surface area contributed by atoms with Gasteiger partial charge in [-0.3, -0.25) is 0 Å². The molecule has 0 aromatic heterocycles. The maximum Gasteiger partial charge on any atom is 0.243 e. The molecular formula is C21H27NO2SSi. The molecule has 0 spiro atoms. The van der Waals surface area contributed by atoms with E-state index in [9.17, 15) is 8.42 Å². The molecule has 0 saturated heterocycles. The van der Waals surface area contributed by atoms with Crippen molar-refractivity contribution in [2.45, 2.75) is 24.9 Å². The molecule has 138 valence electrons. The van der Waals surface area contributed by atoms with Crippen molar-refractivity contribution in [3.63, 3.8) is 0 Å². The van der Waals surface area contributed by atoms with Gasteiger partial charge in [0.1, 0.15) is 8.07 Å². The van der Waals surface area contributed by atoms with Gasteiger partial charge in [0.05, 0.1) is 4.90 Å². The second kappa shape index (κ2) is 8.62. The molecule has 2 rings (SSSR count). The van der Waals surface area contributed by atoms with Crippen LogP contribution in [0.2, 0.25) is 13.1 Å². The highest BCUT2D eigenvalue weighted by Crippen LogP contribution is 2.17. The molecule has 0 unspecified atom stereocenters. The van der Waals surface area contributed by atoms with E-state index < -0.39 is 18.1 Å². The van der Waals surface area contributed by atoms with Crippen LogP contribution in [0.3, 0.4) is 0 Å². The van der Waals surface area contributed by atoms with Crippen LogP contribution in [0.1, 0.15) is 5.56 Å². The molecular weight excluding hydrogens is 358 g/mol. The zero-order chi connectivity index (χ0) is 19.2. The van der Waals surface area contributed by atoms with Gasteiger partial charge in [0.15, 0.2) is 0 Å². The van der Waals surface area contributed by atoms with Gasteiger partial charge in [-0.05, 0) is 19.1 Å². The normalized spacial score (nSPS) is 12.6. The summed E-state index contributed by atoms with van der Waals surface area (Å²) in [6, 6.07) is 17.3. The predicted octanol–water partition coefficient (Wildman–Crippen LogP) is 3.88. The van der Waals surface area contributed by atoms with Crippen molar-refractivity contribution in [1.29, 1.82) is 0 Å². The first-order valence-corrected chi connectivity index (χ1v) is 13.2. The van der Waals surface area contributed by atoms with Crippen LogP contribution < -0.4 is 5.19 Å². The standard InChI is InChI=1S/C21H27NO2SSi/c1-5-16-22(25(23,24)20-14-12-19(2)13-15-20)17-9-18-26(3,4)21-10-7-6-8-11-21/h5-15,18H,1,16-17H2,2-4H3/b18-9+. The number of nitrogens with zero attached hydrogens (tertiary/aromatic N) is 1. The highest BCUT2D eigenvalue weighted by molar-refractivity contribution is 7.89. The van der Waals surface area contributed by atoms with E-state index in [2.05, 4.69) is 37.5 Å². The maximum atomic E-state index is 12.9. The summed E-state index contributed by atoms with van der Waals surface area (Å²) in [6.45, 7) is 10.8. The van der Waals surface area contributed by atoms with Gasteiger partial charge in [0, 0.05) is 13.1 Å². The van der Waals surface area contributed by atoms with Crippen molar-refractivity contribution in [2.75, 3.05) is 13.1 Å². The Kier molecular flexibility index (Phi) is 6.75. The molecule has 26 heavy (non-hydrogen) atoms. The third-order valence-electron chi connectivity index (χ3n) is 4.35. The third kappa shape index (κ3) is 5.03. The molecule has 0 fully saturated rings. The first-order chi connectivity index (χ1) is 12.3. The molecule has 3 nitrogen and oxygen atoms in total. The number of aryl methyl sites for hydroxylation is 1. The Bertz CT molecular complexity index is 857. The minimum absolute atomic E-state index is 0.286. The van der Waals surface area contributed by atoms with Crippen LogP contribution in [0.4, 0.5) is 0 Å². The smallest absolute Gasteiger partial charge is 0.207 e. The summed E-state index contributed by atoms with van der Waals surface area (Å²) in [4.78, 5) is 0.318. The summed E-state index contributed by atoms with van der Waals surface area (Å²) in [5, 5.41) is 1.33. The van der Waals surface area contributed by atoms with Crippen LogP contribution in [0, 0.1) is 6.92 Å². The van der Waals surface area contributed by atoms with Crippen LogP contribution in [0.25, 0.3) is 0 Å². The summed E-state index contributed by atoms with van der Waals surface area (Å²) >= 11 is 0. The van der Waals surface area contributed by atoms with Gasteiger partial charge in [-0.1, -0.05) is 84.2 Å². The SMILES string of the molecule is C=CCN(C/C=C/[Si](C)(C)c1ccccc1)S(=O)(=O)c1ccc(C)cc1. The molecule has 0 aliphatic heterocycles. The summed E-state index contributed by atoms with van der Waals surface area (Å²) < 4.78 is 27.3. The second-order valence-electron chi connectivity index (χ2n) is 6.91. The van der Waals surface area contributed by atoms with Gasteiger partial charge < -0.3 is 0 Å². The molecule has 0 saturated carbocycles. The lowest BCUT2D eigenvalue weighted by atomic mass is 10.2. The van der Waals surface area contributed by atoms with E-state index in [1.807, 2.05) is 43.3 Å². The Balaban J connectivity index is 2.20. The minimum Gasteiger partial charge on any atom is -0.207 e. The van der Waals surface area contributed by atoms with Crippen molar-refractivity contribution in [3.8, 4) is 0 Å². The fraction of sp³-hybridized carbons (Fsp3) is 0.238. The lowest BCUT2D eigenvalue weighted by molar-refractivity contribution is 0.474. The number of hydrogen-bond donors (Lipinski definition) is 0. The Hall–Kier alpha value is -1.95. The average Bonchev–Trinajstić information content (AvgIpc) is 2.62. The van der Waals surface area contributed by atoms with Crippen molar-refractivity contribution >= 4 is 23.3 Å². The quantitative estimate of drug-likeness (QED) is 0.511. The van der Waals surface area contributed by atoms with E-state index in [0.717, 1.165) is 5.56 Å². The Morgan fingerprint density at radius 1 is 1.00 bits per heavy atom. The monoisotopic (exact) mass is 385 g/mol. The van der Waals surface area contributed by atoms with E-state index in [4.69, 9.17) is 0 Å². The largest absolute Gasteiger partial charge is 0.243 e. The molecule has 0 radical (unpaired) electrons. The summed E-state index contributed by atoms with van der Waals surface area (Å²) in [5.41, 5.74) is 3.23. The fourth-order valence-electron chi connectivity index (χ4n) is 2.70. The van der Waals surface area contributed by atoms with Crippen LogP contribution in [0.15, 0.2) is 83.9 Å². The molecule has 0 N–H and O–H groups in total. The van der Waals surface area contributed by atoms with E-state index >= 15 is 0 Å². The Morgan fingerprint density at radius 3 is 2.19 bits per heavy atom. The van der Waals surface area contributed by atoms with Crippen molar-refractivity contribution in [1.82, 2.24) is 4.31 Å². The van der Waals surface area contributed by atoms with Crippen LogP contribution in [-0.2, 0) is 10.0 Å². The molecule has 0 atom stereocenters. The van der Waals surface area contributed by atoms with Gasteiger partial charge in [-0.15, -0.1) is 6.58 Å². The predicted molar refractivity (Wildman–Crippen MR) is 113 cm³/mol. The highest BCUT2D eigenvalue weighted by Gasteiger charge is 2.23. The van der Waals surface area contributed by atoms with Gasteiger partial charge in [0.2, 0.25) is 10.0 Å². The molecule has 0 aliphatic rings. The van der Waals surface area contributed by atoms with E-state index in [1.165, 1.54) is 9.49 Å². The number of benzene rings is 2. The lowest BCUT2D eigenvalue weighted by Crippen LogP contribution is -2.39. The van der Waals surface area contributed by atoms with E-state index in [0.29, 0.717) is 11.4 Å². The maximum absolute atomic E-state index is 12.9. The fourth-order valence-corrected chi connectivity index (χ4v) is 6.00. The summed E-state index contributed by atoms with van der Waals surface area (Å²) in [6.07, 6.45) is 3.60. The lowest BCUT2D eigenvalue weighted by Gasteiger charge is -2.21. The third-order valence-corrected chi connectivity index (χ3v) is 9.09.